The molecule has 1 N–H and O–H groups in total. The van der Waals surface area contributed by atoms with E-state index in [4.69, 9.17) is 4.74 Å². The van der Waals surface area contributed by atoms with Gasteiger partial charge in [-0.25, -0.2) is 14.0 Å². The molecule has 136 valence electrons. The van der Waals surface area contributed by atoms with Crippen molar-refractivity contribution in [2.45, 2.75) is 51.2 Å². The number of ketones is 1. The Kier molecular flexibility index (Phi) is 5.15. The second-order valence-electron chi connectivity index (χ2n) is 7.15. The Morgan fingerprint density at radius 3 is 2.48 bits per heavy atom. The molecule has 1 aromatic carbocycles. The van der Waals surface area contributed by atoms with Crippen LogP contribution < -0.4 is 0 Å². The third-order valence-corrected chi connectivity index (χ3v) is 4.13. The zero-order valence-electron chi connectivity index (χ0n) is 14.5. The largest absolute Gasteiger partial charge is 0.479 e. The number of carboxylic acid groups (broad SMARTS) is 1. The van der Waals surface area contributed by atoms with Crippen molar-refractivity contribution >= 4 is 17.8 Å². The van der Waals surface area contributed by atoms with E-state index in [1.54, 1.807) is 20.8 Å². The summed E-state index contributed by atoms with van der Waals surface area (Å²) in [5.74, 6) is -2.66. The van der Waals surface area contributed by atoms with Crippen LogP contribution in [0.25, 0.3) is 0 Å². The predicted molar refractivity (Wildman–Crippen MR) is 87.9 cm³/mol. The first kappa shape index (κ1) is 18.9. The Morgan fingerprint density at radius 2 is 1.92 bits per heavy atom. The van der Waals surface area contributed by atoms with Crippen LogP contribution in [0.3, 0.4) is 0 Å². The molecule has 1 atom stereocenters. The molecule has 0 aromatic heterocycles. The minimum Gasteiger partial charge on any atom is -0.479 e. The molecule has 1 amide bonds. The number of hydrogen-bond acceptors (Lipinski definition) is 4. The van der Waals surface area contributed by atoms with Gasteiger partial charge in [-0.05, 0) is 45.7 Å². The number of hydrogen-bond donors (Lipinski definition) is 1. The fourth-order valence-corrected chi connectivity index (χ4v) is 2.99. The number of rotatable bonds is 4. The third-order valence-electron chi connectivity index (χ3n) is 4.13. The van der Waals surface area contributed by atoms with Crippen molar-refractivity contribution in [1.82, 2.24) is 4.90 Å². The fourth-order valence-electron chi connectivity index (χ4n) is 2.99. The van der Waals surface area contributed by atoms with Gasteiger partial charge < -0.3 is 9.84 Å². The number of nitrogens with zero attached hydrogens (tertiary/aromatic N) is 1. The van der Waals surface area contributed by atoms with E-state index in [1.807, 2.05) is 0 Å². The molecule has 1 saturated heterocycles. The Labute approximate surface area is 145 Å². The van der Waals surface area contributed by atoms with Crippen LogP contribution >= 0.6 is 0 Å². The topological polar surface area (TPSA) is 83.9 Å². The molecule has 1 fully saturated rings. The lowest BCUT2D eigenvalue weighted by Gasteiger charge is -2.35. The molecule has 25 heavy (non-hydrogen) atoms. The standard InChI is InChI=1S/C18H22FNO5/c1-17(2,3)25-16(24)20-10-6-9-18(20,15(22)23)11-14(21)12-7-4-5-8-13(12)19/h4-5,7-8H,6,9-11H2,1-3H3,(H,22,23)/t18-/m0/s1. The number of aliphatic carboxylic acids is 1. The zero-order chi connectivity index (χ0) is 18.8. The predicted octanol–water partition coefficient (Wildman–Crippen LogP) is 3.25. The minimum absolute atomic E-state index is 0.113. The smallest absolute Gasteiger partial charge is 0.411 e. The summed E-state index contributed by atoms with van der Waals surface area (Å²) in [5, 5.41) is 9.75. The van der Waals surface area contributed by atoms with Crippen molar-refractivity contribution < 1.29 is 28.6 Å². The molecule has 1 heterocycles. The van der Waals surface area contributed by atoms with Crippen LogP contribution in [0.4, 0.5) is 9.18 Å². The second-order valence-corrected chi connectivity index (χ2v) is 7.15. The molecule has 1 aromatic rings. The van der Waals surface area contributed by atoms with E-state index >= 15 is 0 Å². The van der Waals surface area contributed by atoms with Crippen LogP contribution in [-0.2, 0) is 9.53 Å². The Morgan fingerprint density at radius 1 is 1.28 bits per heavy atom. The van der Waals surface area contributed by atoms with E-state index in [9.17, 15) is 23.9 Å². The van der Waals surface area contributed by atoms with E-state index in [0.717, 1.165) is 11.0 Å². The van der Waals surface area contributed by atoms with Crippen LogP contribution in [-0.4, -0.2) is 45.5 Å². The second kappa shape index (κ2) is 6.82. The number of halogens is 1. The number of ether oxygens (including phenoxy) is 1. The lowest BCUT2D eigenvalue weighted by atomic mass is 9.88. The van der Waals surface area contributed by atoms with Crippen LogP contribution in [0.15, 0.2) is 24.3 Å². The first-order valence-electron chi connectivity index (χ1n) is 8.08. The highest BCUT2D eigenvalue weighted by atomic mass is 19.1. The molecule has 7 heteroatoms. The molecule has 2 rings (SSSR count). The minimum atomic E-state index is -1.72. The first-order valence-corrected chi connectivity index (χ1v) is 8.08. The summed E-state index contributed by atoms with van der Waals surface area (Å²) >= 11 is 0. The molecular weight excluding hydrogens is 329 g/mol. The van der Waals surface area contributed by atoms with E-state index < -0.39 is 41.2 Å². The summed E-state index contributed by atoms with van der Waals surface area (Å²) in [7, 11) is 0. The number of benzene rings is 1. The maximum Gasteiger partial charge on any atom is 0.411 e. The summed E-state index contributed by atoms with van der Waals surface area (Å²) in [5.41, 5.74) is -2.69. The molecule has 1 aliphatic heterocycles. The maximum absolute atomic E-state index is 13.8. The highest BCUT2D eigenvalue weighted by Crippen LogP contribution is 2.35. The van der Waals surface area contributed by atoms with Crippen LogP contribution in [0.2, 0.25) is 0 Å². The van der Waals surface area contributed by atoms with Crippen molar-refractivity contribution in [3.8, 4) is 0 Å². The molecule has 0 saturated carbocycles. The SMILES string of the molecule is CC(C)(C)OC(=O)N1CCC[C@]1(CC(=O)c1ccccc1F)C(=O)O. The van der Waals surface area contributed by atoms with E-state index in [0.29, 0.717) is 6.42 Å². The van der Waals surface area contributed by atoms with Crippen LogP contribution in [0.5, 0.6) is 0 Å². The number of carboxylic acids is 1. The zero-order valence-corrected chi connectivity index (χ0v) is 14.5. The van der Waals surface area contributed by atoms with E-state index in [2.05, 4.69) is 0 Å². The summed E-state index contributed by atoms with van der Waals surface area (Å²) in [6.07, 6.45) is -0.742. The maximum atomic E-state index is 13.8. The average Bonchev–Trinajstić information content (AvgIpc) is 2.91. The van der Waals surface area contributed by atoms with Gasteiger partial charge in [-0.1, -0.05) is 12.1 Å². The number of likely N-dealkylation sites (tertiary alicyclic amines) is 1. The van der Waals surface area contributed by atoms with Crippen LogP contribution in [0.1, 0.15) is 50.4 Å². The number of Topliss-reactive ketones (excluding diaryl/α,β-unsaturated/α-hetero) is 1. The third kappa shape index (κ3) is 3.97. The summed E-state index contributed by atoms with van der Waals surface area (Å²) in [6.45, 7) is 5.20. The molecule has 1 aliphatic rings. The van der Waals surface area contributed by atoms with Gasteiger partial charge in [0.05, 0.1) is 5.56 Å². The van der Waals surface area contributed by atoms with Crippen molar-refractivity contribution in [3.05, 3.63) is 35.6 Å². The van der Waals surface area contributed by atoms with Gasteiger partial charge >= 0.3 is 12.1 Å². The molecule has 0 aliphatic carbocycles. The van der Waals surface area contributed by atoms with Gasteiger partial charge in [0.1, 0.15) is 11.4 Å². The van der Waals surface area contributed by atoms with E-state index in [-0.39, 0.29) is 18.5 Å². The van der Waals surface area contributed by atoms with Gasteiger partial charge in [0.25, 0.3) is 0 Å². The van der Waals surface area contributed by atoms with Crippen LogP contribution in [0, 0.1) is 5.82 Å². The number of amides is 1. The normalized spacial score (nSPS) is 20.4. The van der Waals surface area contributed by atoms with Gasteiger partial charge in [0.15, 0.2) is 11.3 Å². The molecule has 0 spiro atoms. The highest BCUT2D eigenvalue weighted by Gasteiger charge is 2.52. The molecule has 6 nitrogen and oxygen atoms in total. The number of carbonyl (C=O) groups is 3. The van der Waals surface area contributed by atoms with E-state index in [1.165, 1.54) is 18.2 Å². The Hall–Kier alpha value is -2.44. The summed E-state index contributed by atoms with van der Waals surface area (Å²) < 4.78 is 19.1. The van der Waals surface area contributed by atoms with Crippen molar-refractivity contribution in [2.75, 3.05) is 6.54 Å². The van der Waals surface area contributed by atoms with Crippen molar-refractivity contribution in [2.24, 2.45) is 0 Å². The Bertz CT molecular complexity index is 697. The molecule has 0 unspecified atom stereocenters. The molecule has 0 bridgehead atoms. The lowest BCUT2D eigenvalue weighted by Crippen LogP contribution is -2.55. The number of carbonyl (C=O) groups excluding carboxylic acids is 2. The highest BCUT2D eigenvalue weighted by molar-refractivity contribution is 6.01. The van der Waals surface area contributed by atoms with Gasteiger partial charge in [0, 0.05) is 13.0 Å². The first-order chi connectivity index (χ1) is 11.6. The van der Waals surface area contributed by atoms with Gasteiger partial charge in [-0.15, -0.1) is 0 Å². The monoisotopic (exact) mass is 351 g/mol. The van der Waals surface area contributed by atoms with Gasteiger partial charge in [-0.2, -0.15) is 0 Å². The van der Waals surface area contributed by atoms with Gasteiger partial charge in [0.2, 0.25) is 0 Å². The summed E-state index contributed by atoms with van der Waals surface area (Å²) in [6, 6.07) is 5.40. The quantitative estimate of drug-likeness (QED) is 0.842. The molecular formula is C18H22FNO5. The molecule has 0 radical (unpaired) electrons. The van der Waals surface area contributed by atoms with Crippen molar-refractivity contribution in [1.29, 1.82) is 0 Å². The fraction of sp³-hybridized carbons (Fsp3) is 0.500. The average molecular weight is 351 g/mol. The van der Waals surface area contributed by atoms with Gasteiger partial charge in [-0.3, -0.25) is 9.69 Å². The summed E-state index contributed by atoms with van der Waals surface area (Å²) in [4.78, 5) is 38.0. The Balaban J connectivity index is 2.31. The van der Waals surface area contributed by atoms with Crippen molar-refractivity contribution in [3.63, 3.8) is 0 Å². The lowest BCUT2D eigenvalue weighted by molar-refractivity contribution is -0.149.